The van der Waals surface area contributed by atoms with Crippen molar-refractivity contribution < 1.29 is 9.63 Å². The number of aromatic hydroxyl groups is 1. The van der Waals surface area contributed by atoms with Crippen LogP contribution in [0.3, 0.4) is 0 Å². The number of fused-ring (bicyclic) bond motifs is 3. The fourth-order valence-corrected chi connectivity index (χ4v) is 4.79. The van der Waals surface area contributed by atoms with Gasteiger partial charge in [0.05, 0.1) is 27.9 Å². The Kier molecular flexibility index (Phi) is 5.07. The standard InChI is InChI=1S/C25H18N6O3S/c1-15-8-2-5-11-18(15)30-23(33)16-9-3-6-12-19(16)31-24(30)27-28-25(31)35-14-21-26-22(34-29-21)17-10-4-7-13-20(17)32/h2-13,32H,14H2,1H3. The maximum absolute atomic E-state index is 13.5. The molecule has 10 heteroatoms. The molecule has 1 N–H and O–H groups in total. The fourth-order valence-electron chi connectivity index (χ4n) is 4.01. The molecule has 3 aromatic heterocycles. The van der Waals surface area contributed by atoms with E-state index in [0.29, 0.717) is 39.0 Å². The van der Waals surface area contributed by atoms with Gasteiger partial charge >= 0.3 is 0 Å². The van der Waals surface area contributed by atoms with E-state index in [2.05, 4.69) is 20.3 Å². The van der Waals surface area contributed by atoms with Crippen molar-refractivity contribution in [3.8, 4) is 22.9 Å². The molecule has 0 spiro atoms. The maximum atomic E-state index is 13.5. The molecule has 0 aliphatic carbocycles. The van der Waals surface area contributed by atoms with Crippen molar-refractivity contribution in [2.24, 2.45) is 0 Å². The molecule has 0 fully saturated rings. The minimum Gasteiger partial charge on any atom is -0.507 e. The van der Waals surface area contributed by atoms with Crippen LogP contribution in [0.4, 0.5) is 0 Å². The van der Waals surface area contributed by atoms with Gasteiger partial charge in [-0.05, 0) is 42.8 Å². The van der Waals surface area contributed by atoms with E-state index >= 15 is 0 Å². The molecule has 6 aromatic rings. The highest BCUT2D eigenvalue weighted by atomic mass is 32.2. The highest BCUT2D eigenvalue weighted by molar-refractivity contribution is 7.98. The molecule has 0 unspecified atom stereocenters. The van der Waals surface area contributed by atoms with Crippen molar-refractivity contribution in [1.82, 2.24) is 29.3 Å². The van der Waals surface area contributed by atoms with Crippen LogP contribution in [-0.4, -0.2) is 34.4 Å². The zero-order chi connectivity index (χ0) is 23.9. The number of para-hydroxylation sites is 3. The number of hydrogen-bond acceptors (Lipinski definition) is 8. The average Bonchev–Trinajstić information content (AvgIpc) is 3.52. The van der Waals surface area contributed by atoms with Gasteiger partial charge in [-0.3, -0.25) is 9.20 Å². The molecule has 3 aromatic carbocycles. The number of rotatable bonds is 5. The van der Waals surface area contributed by atoms with Gasteiger partial charge in [-0.2, -0.15) is 4.98 Å². The predicted molar refractivity (Wildman–Crippen MR) is 132 cm³/mol. The lowest BCUT2D eigenvalue weighted by Crippen LogP contribution is -2.22. The summed E-state index contributed by atoms with van der Waals surface area (Å²) in [7, 11) is 0. The first-order valence-electron chi connectivity index (χ1n) is 10.8. The summed E-state index contributed by atoms with van der Waals surface area (Å²) < 4.78 is 8.81. The first-order chi connectivity index (χ1) is 17.1. The maximum Gasteiger partial charge on any atom is 0.267 e. The van der Waals surface area contributed by atoms with Crippen molar-refractivity contribution in [1.29, 1.82) is 0 Å². The van der Waals surface area contributed by atoms with Gasteiger partial charge in [0.25, 0.3) is 11.4 Å². The summed E-state index contributed by atoms with van der Waals surface area (Å²) in [4.78, 5) is 17.9. The van der Waals surface area contributed by atoms with Crippen molar-refractivity contribution in [3.63, 3.8) is 0 Å². The van der Waals surface area contributed by atoms with E-state index in [1.807, 2.05) is 53.8 Å². The van der Waals surface area contributed by atoms with E-state index in [1.165, 1.54) is 11.8 Å². The molecule has 0 amide bonds. The summed E-state index contributed by atoms with van der Waals surface area (Å²) in [5.41, 5.74) is 2.73. The molecule has 0 atom stereocenters. The molecular weight excluding hydrogens is 464 g/mol. The second-order valence-corrected chi connectivity index (χ2v) is 8.83. The molecule has 0 radical (unpaired) electrons. The van der Waals surface area contributed by atoms with Gasteiger partial charge < -0.3 is 9.63 Å². The smallest absolute Gasteiger partial charge is 0.267 e. The SMILES string of the molecule is Cc1ccccc1-n1c(=O)c2ccccc2n2c(SCc3noc(-c4ccccc4O)n3)nnc12. The number of hydrogen-bond donors (Lipinski definition) is 1. The van der Waals surface area contributed by atoms with Gasteiger partial charge in [-0.1, -0.05) is 59.4 Å². The summed E-state index contributed by atoms with van der Waals surface area (Å²) in [6.07, 6.45) is 0. The highest BCUT2D eigenvalue weighted by Gasteiger charge is 2.20. The topological polar surface area (TPSA) is 111 Å². The van der Waals surface area contributed by atoms with Gasteiger partial charge in [0, 0.05) is 0 Å². The van der Waals surface area contributed by atoms with Crippen molar-refractivity contribution in [2.75, 3.05) is 0 Å². The van der Waals surface area contributed by atoms with Crippen LogP contribution in [0, 0.1) is 6.92 Å². The van der Waals surface area contributed by atoms with Gasteiger partial charge in [0.15, 0.2) is 11.0 Å². The van der Waals surface area contributed by atoms with Gasteiger partial charge in [0.1, 0.15) is 5.75 Å². The summed E-state index contributed by atoms with van der Waals surface area (Å²) in [6, 6.07) is 21.9. The third-order valence-corrected chi connectivity index (χ3v) is 6.61. The lowest BCUT2D eigenvalue weighted by molar-refractivity contribution is 0.419. The molecule has 0 bridgehead atoms. The molecule has 9 nitrogen and oxygen atoms in total. The van der Waals surface area contributed by atoms with Crippen LogP contribution in [0.25, 0.3) is 33.8 Å². The Bertz CT molecular complexity index is 1770. The van der Waals surface area contributed by atoms with E-state index < -0.39 is 0 Å². The lowest BCUT2D eigenvalue weighted by atomic mass is 10.2. The van der Waals surface area contributed by atoms with E-state index in [-0.39, 0.29) is 17.2 Å². The van der Waals surface area contributed by atoms with Gasteiger partial charge in [-0.15, -0.1) is 10.2 Å². The van der Waals surface area contributed by atoms with Gasteiger partial charge in [0.2, 0.25) is 5.78 Å². The Labute approximate surface area is 202 Å². The third-order valence-electron chi connectivity index (χ3n) is 5.68. The number of thioether (sulfide) groups is 1. The van der Waals surface area contributed by atoms with Crippen molar-refractivity contribution in [2.45, 2.75) is 17.8 Å². The highest BCUT2D eigenvalue weighted by Crippen LogP contribution is 2.29. The third kappa shape index (κ3) is 3.55. The first kappa shape index (κ1) is 21.1. The monoisotopic (exact) mass is 482 g/mol. The lowest BCUT2D eigenvalue weighted by Gasteiger charge is -2.13. The zero-order valence-corrected chi connectivity index (χ0v) is 19.3. The molecule has 0 saturated heterocycles. The summed E-state index contributed by atoms with van der Waals surface area (Å²) in [6.45, 7) is 1.96. The zero-order valence-electron chi connectivity index (χ0n) is 18.5. The normalized spacial score (nSPS) is 11.5. The quantitative estimate of drug-likeness (QED) is 0.360. The molecule has 0 aliphatic heterocycles. The van der Waals surface area contributed by atoms with Crippen LogP contribution >= 0.6 is 11.8 Å². The molecule has 6 rings (SSSR count). The number of benzene rings is 3. The number of phenolic OH excluding ortho intramolecular Hbond substituents is 1. The summed E-state index contributed by atoms with van der Waals surface area (Å²) in [5, 5.41) is 24.0. The molecule has 172 valence electrons. The van der Waals surface area contributed by atoms with Crippen LogP contribution in [0.2, 0.25) is 0 Å². The summed E-state index contributed by atoms with van der Waals surface area (Å²) >= 11 is 1.38. The minimum atomic E-state index is -0.156. The number of nitrogens with zero attached hydrogens (tertiary/aromatic N) is 6. The number of aromatic nitrogens is 6. The Balaban J connectivity index is 1.43. The molecule has 35 heavy (non-hydrogen) atoms. The van der Waals surface area contributed by atoms with E-state index in [9.17, 15) is 9.90 Å². The van der Waals surface area contributed by atoms with Crippen LogP contribution in [0.1, 0.15) is 11.4 Å². The number of aryl methyl sites for hydroxylation is 1. The van der Waals surface area contributed by atoms with Crippen LogP contribution < -0.4 is 5.56 Å². The van der Waals surface area contributed by atoms with Crippen LogP contribution in [0.15, 0.2) is 87.3 Å². The minimum absolute atomic E-state index is 0.0689. The first-order valence-corrected chi connectivity index (χ1v) is 11.8. The molecule has 0 saturated carbocycles. The van der Waals surface area contributed by atoms with Crippen LogP contribution in [-0.2, 0) is 5.75 Å². The van der Waals surface area contributed by atoms with Gasteiger partial charge in [-0.25, -0.2) is 4.57 Å². The summed E-state index contributed by atoms with van der Waals surface area (Å²) in [5.74, 6) is 1.54. The largest absolute Gasteiger partial charge is 0.507 e. The Morgan fingerprint density at radius 2 is 1.74 bits per heavy atom. The predicted octanol–water partition coefficient (Wildman–Crippen LogP) is 4.39. The second kappa shape index (κ2) is 8.41. The van der Waals surface area contributed by atoms with Crippen LogP contribution in [0.5, 0.6) is 5.75 Å². The number of phenols is 1. The second-order valence-electron chi connectivity index (χ2n) is 7.88. The van der Waals surface area contributed by atoms with Crippen molar-refractivity contribution >= 4 is 28.4 Å². The molecule has 0 aliphatic rings. The van der Waals surface area contributed by atoms with E-state index in [1.54, 1.807) is 34.9 Å². The fraction of sp³-hybridized carbons (Fsp3) is 0.0800. The Hall–Kier alpha value is -4.44. The molecular formula is C25H18N6O3S. The molecule has 3 heterocycles. The Morgan fingerprint density at radius 3 is 2.60 bits per heavy atom. The average molecular weight is 483 g/mol. The van der Waals surface area contributed by atoms with E-state index in [4.69, 9.17) is 4.52 Å². The Morgan fingerprint density at radius 1 is 0.971 bits per heavy atom. The van der Waals surface area contributed by atoms with E-state index in [0.717, 1.165) is 11.3 Å². The van der Waals surface area contributed by atoms with Crippen molar-refractivity contribution in [3.05, 3.63) is 94.5 Å².